The summed E-state index contributed by atoms with van der Waals surface area (Å²) in [4.78, 5) is 11.8. The Morgan fingerprint density at radius 1 is 1.15 bits per heavy atom. The number of hydrogen-bond donors (Lipinski definition) is 0. The molecule has 1 unspecified atom stereocenters. The summed E-state index contributed by atoms with van der Waals surface area (Å²) in [7, 11) is 0. The largest absolute Gasteiger partial charge is 0.494 e. The van der Waals surface area contributed by atoms with E-state index in [1.807, 2.05) is 45.0 Å². The molecule has 0 aliphatic rings. The van der Waals surface area contributed by atoms with Crippen LogP contribution in [0.2, 0.25) is 0 Å². The van der Waals surface area contributed by atoms with Gasteiger partial charge < -0.3 is 4.74 Å². The minimum atomic E-state index is -0.0611. The standard InChI is InChI=1S/C16H20N2O2/c1-4-12(3)18-16(19)11-10-15(17-18)13-6-8-14(9-7-13)20-5-2/h6-12H,4-5H2,1-3H3. The van der Waals surface area contributed by atoms with Gasteiger partial charge in [0.15, 0.2) is 0 Å². The topological polar surface area (TPSA) is 44.1 Å². The number of hydrogen-bond acceptors (Lipinski definition) is 3. The summed E-state index contributed by atoms with van der Waals surface area (Å²) in [6.07, 6.45) is 0.875. The van der Waals surface area contributed by atoms with E-state index in [1.54, 1.807) is 16.8 Å². The van der Waals surface area contributed by atoms with Gasteiger partial charge in [-0.1, -0.05) is 6.92 Å². The van der Waals surface area contributed by atoms with Crippen molar-refractivity contribution in [2.45, 2.75) is 33.2 Å². The summed E-state index contributed by atoms with van der Waals surface area (Å²) in [5.74, 6) is 0.839. The molecule has 4 nitrogen and oxygen atoms in total. The quantitative estimate of drug-likeness (QED) is 0.839. The molecule has 1 atom stereocenters. The molecule has 1 aromatic heterocycles. The minimum Gasteiger partial charge on any atom is -0.494 e. The van der Waals surface area contributed by atoms with Gasteiger partial charge in [0.05, 0.1) is 18.3 Å². The molecule has 106 valence electrons. The number of nitrogens with zero attached hydrogens (tertiary/aromatic N) is 2. The third-order valence-corrected chi connectivity index (χ3v) is 3.29. The van der Waals surface area contributed by atoms with Crippen LogP contribution in [0.3, 0.4) is 0 Å². The Morgan fingerprint density at radius 2 is 1.85 bits per heavy atom. The summed E-state index contributed by atoms with van der Waals surface area (Å²) in [5.41, 5.74) is 1.72. The number of benzene rings is 1. The second kappa shape index (κ2) is 6.37. The van der Waals surface area contributed by atoms with Crippen LogP contribution in [0.15, 0.2) is 41.2 Å². The fourth-order valence-corrected chi connectivity index (χ4v) is 1.96. The zero-order valence-corrected chi connectivity index (χ0v) is 12.2. The van der Waals surface area contributed by atoms with Crippen molar-refractivity contribution in [3.8, 4) is 17.0 Å². The first-order valence-corrected chi connectivity index (χ1v) is 6.98. The fraction of sp³-hybridized carbons (Fsp3) is 0.375. The molecule has 0 bridgehead atoms. The van der Waals surface area contributed by atoms with Crippen LogP contribution >= 0.6 is 0 Å². The molecular formula is C16H20N2O2. The highest BCUT2D eigenvalue weighted by molar-refractivity contribution is 5.59. The van der Waals surface area contributed by atoms with Crippen LogP contribution in [-0.4, -0.2) is 16.4 Å². The van der Waals surface area contributed by atoms with Gasteiger partial charge in [-0.25, -0.2) is 4.68 Å². The molecule has 0 N–H and O–H groups in total. The fourth-order valence-electron chi connectivity index (χ4n) is 1.96. The molecular weight excluding hydrogens is 252 g/mol. The average Bonchev–Trinajstić information content (AvgIpc) is 2.48. The Labute approximate surface area is 119 Å². The van der Waals surface area contributed by atoms with Gasteiger partial charge >= 0.3 is 0 Å². The van der Waals surface area contributed by atoms with Crippen molar-refractivity contribution in [2.75, 3.05) is 6.61 Å². The van der Waals surface area contributed by atoms with Crippen LogP contribution in [0.25, 0.3) is 11.3 Å². The van der Waals surface area contributed by atoms with Crippen LogP contribution in [0.1, 0.15) is 33.2 Å². The van der Waals surface area contributed by atoms with E-state index in [2.05, 4.69) is 5.10 Å². The maximum Gasteiger partial charge on any atom is 0.267 e. The first-order valence-electron chi connectivity index (χ1n) is 6.98. The van der Waals surface area contributed by atoms with Gasteiger partial charge in [0.25, 0.3) is 5.56 Å². The van der Waals surface area contributed by atoms with Crippen molar-refractivity contribution in [3.63, 3.8) is 0 Å². The van der Waals surface area contributed by atoms with Crippen molar-refractivity contribution in [2.24, 2.45) is 0 Å². The van der Waals surface area contributed by atoms with Gasteiger partial charge in [-0.2, -0.15) is 5.10 Å². The Balaban J connectivity index is 2.35. The van der Waals surface area contributed by atoms with Crippen molar-refractivity contribution in [3.05, 3.63) is 46.8 Å². The van der Waals surface area contributed by atoms with E-state index >= 15 is 0 Å². The SMILES string of the molecule is CCOc1ccc(-c2ccc(=O)n(C(C)CC)n2)cc1. The van der Waals surface area contributed by atoms with Crippen LogP contribution in [-0.2, 0) is 0 Å². The van der Waals surface area contributed by atoms with Crippen molar-refractivity contribution in [1.29, 1.82) is 0 Å². The van der Waals surface area contributed by atoms with E-state index in [4.69, 9.17) is 4.74 Å². The Kier molecular flexibility index (Phi) is 4.56. The molecule has 0 radical (unpaired) electrons. The summed E-state index contributed by atoms with van der Waals surface area (Å²) >= 11 is 0. The normalized spacial score (nSPS) is 12.2. The summed E-state index contributed by atoms with van der Waals surface area (Å²) < 4.78 is 6.97. The van der Waals surface area contributed by atoms with Crippen molar-refractivity contribution in [1.82, 2.24) is 9.78 Å². The summed E-state index contributed by atoms with van der Waals surface area (Å²) in [6.45, 7) is 6.65. The van der Waals surface area contributed by atoms with Crippen LogP contribution in [0, 0.1) is 0 Å². The third kappa shape index (κ3) is 3.07. The number of ether oxygens (including phenoxy) is 1. The summed E-state index contributed by atoms with van der Waals surface area (Å²) in [5, 5.41) is 4.45. The number of rotatable bonds is 5. The molecule has 0 fully saturated rings. The lowest BCUT2D eigenvalue weighted by Crippen LogP contribution is -2.25. The van der Waals surface area contributed by atoms with Crippen LogP contribution < -0.4 is 10.3 Å². The second-order valence-electron chi connectivity index (χ2n) is 4.72. The van der Waals surface area contributed by atoms with E-state index in [0.29, 0.717) is 6.61 Å². The molecule has 20 heavy (non-hydrogen) atoms. The highest BCUT2D eigenvalue weighted by Gasteiger charge is 2.08. The summed E-state index contributed by atoms with van der Waals surface area (Å²) in [6, 6.07) is 11.2. The van der Waals surface area contributed by atoms with Gasteiger partial charge in [-0.05, 0) is 50.6 Å². The van der Waals surface area contributed by atoms with Gasteiger partial charge in [0.1, 0.15) is 5.75 Å². The van der Waals surface area contributed by atoms with Gasteiger partial charge in [0, 0.05) is 11.6 Å². The molecule has 0 saturated carbocycles. The van der Waals surface area contributed by atoms with Gasteiger partial charge in [0.2, 0.25) is 0 Å². The highest BCUT2D eigenvalue weighted by Crippen LogP contribution is 2.20. The average molecular weight is 272 g/mol. The Bertz CT molecular complexity index is 617. The molecule has 1 aromatic carbocycles. The monoisotopic (exact) mass is 272 g/mol. The van der Waals surface area contributed by atoms with Crippen LogP contribution in [0.5, 0.6) is 5.75 Å². The molecule has 4 heteroatoms. The van der Waals surface area contributed by atoms with E-state index in [-0.39, 0.29) is 11.6 Å². The maximum absolute atomic E-state index is 11.8. The first kappa shape index (κ1) is 14.3. The molecule has 1 heterocycles. The van der Waals surface area contributed by atoms with E-state index in [9.17, 15) is 4.79 Å². The van der Waals surface area contributed by atoms with E-state index in [0.717, 1.165) is 23.4 Å². The van der Waals surface area contributed by atoms with Crippen LogP contribution in [0.4, 0.5) is 0 Å². The minimum absolute atomic E-state index is 0.0611. The predicted molar refractivity (Wildman–Crippen MR) is 80.1 cm³/mol. The third-order valence-electron chi connectivity index (χ3n) is 3.29. The molecule has 2 aromatic rings. The lowest BCUT2D eigenvalue weighted by molar-refractivity contribution is 0.340. The first-order chi connectivity index (χ1) is 9.65. The smallest absolute Gasteiger partial charge is 0.267 e. The lowest BCUT2D eigenvalue weighted by atomic mass is 10.1. The second-order valence-corrected chi connectivity index (χ2v) is 4.72. The van der Waals surface area contributed by atoms with Crippen molar-refractivity contribution < 1.29 is 4.74 Å². The highest BCUT2D eigenvalue weighted by atomic mass is 16.5. The van der Waals surface area contributed by atoms with E-state index in [1.165, 1.54) is 0 Å². The Hall–Kier alpha value is -2.10. The maximum atomic E-state index is 11.8. The zero-order chi connectivity index (χ0) is 14.5. The van der Waals surface area contributed by atoms with Gasteiger partial charge in [-0.3, -0.25) is 4.79 Å². The molecule has 0 aliphatic heterocycles. The Morgan fingerprint density at radius 3 is 2.45 bits per heavy atom. The number of aromatic nitrogens is 2. The molecule has 0 amide bonds. The lowest BCUT2D eigenvalue weighted by Gasteiger charge is -2.12. The predicted octanol–water partition coefficient (Wildman–Crippen LogP) is 3.28. The zero-order valence-electron chi connectivity index (χ0n) is 12.2. The van der Waals surface area contributed by atoms with Gasteiger partial charge in [-0.15, -0.1) is 0 Å². The molecule has 0 saturated heterocycles. The van der Waals surface area contributed by atoms with E-state index < -0.39 is 0 Å². The molecule has 0 aliphatic carbocycles. The molecule has 0 spiro atoms. The van der Waals surface area contributed by atoms with Crippen molar-refractivity contribution >= 4 is 0 Å². The molecule has 2 rings (SSSR count).